The number of benzene rings is 1. The first-order chi connectivity index (χ1) is 14.0. The Labute approximate surface area is 164 Å². The number of ether oxygens (including phenoxy) is 2. The molecule has 146 valence electrons. The Morgan fingerprint density at radius 2 is 1.83 bits per heavy atom. The lowest BCUT2D eigenvalue weighted by Gasteiger charge is -2.10. The molecule has 0 fully saturated rings. The second-order valence-electron chi connectivity index (χ2n) is 6.13. The number of fused-ring (bicyclic) bond motifs is 1. The number of aromatic amines is 1. The Bertz CT molecular complexity index is 1280. The van der Waals surface area contributed by atoms with Crippen molar-refractivity contribution in [2.45, 2.75) is 0 Å². The van der Waals surface area contributed by atoms with E-state index >= 15 is 0 Å². The van der Waals surface area contributed by atoms with E-state index in [9.17, 15) is 14.4 Å². The van der Waals surface area contributed by atoms with Crippen molar-refractivity contribution in [3.05, 3.63) is 81.3 Å². The Balaban J connectivity index is 1.99. The highest BCUT2D eigenvalue weighted by Gasteiger charge is 2.25. The van der Waals surface area contributed by atoms with E-state index < -0.39 is 11.5 Å². The molecule has 2 aliphatic heterocycles. The molecule has 0 amide bonds. The number of methoxy groups -OCH3 is 2. The normalized spacial score (nSPS) is 10.8. The molecule has 0 unspecified atom stereocenters. The minimum Gasteiger partial charge on any atom is -0.497 e. The highest BCUT2D eigenvalue weighted by Crippen LogP contribution is 2.24. The Morgan fingerprint density at radius 3 is 2.48 bits per heavy atom. The lowest BCUT2D eigenvalue weighted by molar-refractivity contribution is 0.0600. The molecule has 9 nitrogen and oxygen atoms in total. The van der Waals surface area contributed by atoms with Crippen LogP contribution in [-0.4, -0.2) is 39.5 Å². The Hall–Kier alpha value is -4.14. The summed E-state index contributed by atoms with van der Waals surface area (Å²) in [5, 5.41) is 4.33. The van der Waals surface area contributed by atoms with E-state index in [4.69, 9.17) is 9.47 Å². The molecule has 0 aliphatic carbocycles. The van der Waals surface area contributed by atoms with Gasteiger partial charge in [-0.05, 0) is 36.4 Å². The number of rotatable bonds is 4. The molecule has 0 saturated heterocycles. The summed E-state index contributed by atoms with van der Waals surface area (Å²) < 4.78 is 12.6. The van der Waals surface area contributed by atoms with Crippen LogP contribution >= 0.6 is 0 Å². The predicted molar refractivity (Wildman–Crippen MR) is 104 cm³/mol. The van der Waals surface area contributed by atoms with Crippen molar-refractivity contribution in [3.8, 4) is 28.4 Å². The van der Waals surface area contributed by atoms with E-state index in [1.54, 1.807) is 43.5 Å². The van der Waals surface area contributed by atoms with Gasteiger partial charge < -0.3 is 19.0 Å². The zero-order valence-electron chi connectivity index (χ0n) is 15.6. The van der Waals surface area contributed by atoms with Crippen LogP contribution in [0, 0.1) is 0 Å². The number of esters is 1. The molecular weight excluding hydrogens is 376 g/mol. The monoisotopic (exact) mass is 392 g/mol. The van der Waals surface area contributed by atoms with Crippen LogP contribution in [0.4, 0.5) is 0 Å². The first-order valence-corrected chi connectivity index (χ1v) is 8.59. The van der Waals surface area contributed by atoms with Crippen molar-refractivity contribution in [1.82, 2.24) is 19.3 Å². The SMILES string of the molecule is COC(=O)c1cn(-c2ccc[nH]c2=O)cc2c(=O)n(-c3ccc(OC)cc3)nc1-2. The second-order valence-corrected chi connectivity index (χ2v) is 6.13. The first kappa shape index (κ1) is 18.2. The van der Waals surface area contributed by atoms with Crippen molar-refractivity contribution >= 4 is 5.97 Å². The fourth-order valence-electron chi connectivity index (χ4n) is 3.02. The molecule has 2 aromatic rings. The number of nitrogens with zero attached hydrogens (tertiary/aromatic N) is 3. The van der Waals surface area contributed by atoms with Gasteiger partial charge in [0.1, 0.15) is 22.7 Å². The zero-order chi connectivity index (χ0) is 20.5. The lowest BCUT2D eigenvalue weighted by atomic mass is 10.1. The van der Waals surface area contributed by atoms with E-state index in [1.165, 1.54) is 34.9 Å². The zero-order valence-corrected chi connectivity index (χ0v) is 15.6. The van der Waals surface area contributed by atoms with Crippen LogP contribution in [0.15, 0.2) is 64.6 Å². The van der Waals surface area contributed by atoms with Gasteiger partial charge in [-0.1, -0.05) is 0 Å². The molecule has 1 aromatic carbocycles. The molecule has 9 heteroatoms. The van der Waals surface area contributed by atoms with E-state index in [2.05, 4.69) is 10.1 Å². The van der Waals surface area contributed by atoms with Crippen molar-refractivity contribution in [2.75, 3.05) is 14.2 Å². The molecule has 3 heterocycles. The summed E-state index contributed by atoms with van der Waals surface area (Å²) in [7, 11) is 2.78. The van der Waals surface area contributed by atoms with Crippen LogP contribution in [0.1, 0.15) is 10.4 Å². The molecule has 0 bridgehead atoms. The summed E-state index contributed by atoms with van der Waals surface area (Å²) in [6.07, 6.45) is 4.39. The van der Waals surface area contributed by atoms with Gasteiger partial charge in [0, 0.05) is 18.6 Å². The maximum Gasteiger partial charge on any atom is 0.341 e. The average Bonchev–Trinajstić information content (AvgIpc) is 3.09. The number of aromatic nitrogens is 4. The van der Waals surface area contributed by atoms with Gasteiger partial charge in [-0.15, -0.1) is 0 Å². The van der Waals surface area contributed by atoms with Crippen molar-refractivity contribution in [1.29, 1.82) is 0 Å². The van der Waals surface area contributed by atoms with Crippen molar-refractivity contribution < 1.29 is 14.3 Å². The summed E-state index contributed by atoms with van der Waals surface area (Å²) in [6.45, 7) is 0. The van der Waals surface area contributed by atoms with E-state index in [0.29, 0.717) is 11.4 Å². The molecule has 0 saturated carbocycles. The van der Waals surface area contributed by atoms with Gasteiger partial charge in [0.25, 0.3) is 11.1 Å². The van der Waals surface area contributed by atoms with Crippen molar-refractivity contribution in [2.24, 2.45) is 0 Å². The van der Waals surface area contributed by atoms with Gasteiger partial charge in [-0.25, -0.2) is 4.79 Å². The van der Waals surface area contributed by atoms with Gasteiger partial charge in [-0.3, -0.25) is 9.59 Å². The van der Waals surface area contributed by atoms with E-state index in [-0.39, 0.29) is 28.1 Å². The molecule has 0 radical (unpaired) electrons. The van der Waals surface area contributed by atoms with Crippen LogP contribution in [0.3, 0.4) is 0 Å². The third-order valence-electron chi connectivity index (χ3n) is 4.47. The molecule has 29 heavy (non-hydrogen) atoms. The third-order valence-corrected chi connectivity index (χ3v) is 4.47. The van der Waals surface area contributed by atoms with Crippen molar-refractivity contribution in [3.63, 3.8) is 0 Å². The standard InChI is InChI=1S/C20H16N4O5/c1-28-13-7-5-12(6-8-13)24-19(26)14-10-23(16-4-3-9-21-18(16)25)11-15(17(14)22-24)20(27)29-2/h3-11H,1-2H3,(H,21,25). The molecular formula is C20H16N4O5. The highest BCUT2D eigenvalue weighted by molar-refractivity contribution is 5.96. The number of H-pyrrole nitrogens is 1. The minimum atomic E-state index is -0.670. The number of hydrogen-bond donors (Lipinski definition) is 1. The Morgan fingerprint density at radius 1 is 1.07 bits per heavy atom. The average molecular weight is 392 g/mol. The first-order valence-electron chi connectivity index (χ1n) is 8.59. The van der Waals surface area contributed by atoms with Gasteiger partial charge in [0.15, 0.2) is 0 Å². The van der Waals surface area contributed by atoms with E-state index in [1.807, 2.05) is 0 Å². The largest absolute Gasteiger partial charge is 0.497 e. The summed E-state index contributed by atoms with van der Waals surface area (Å²) in [5.74, 6) is -0.0367. The molecule has 1 aromatic heterocycles. The topological polar surface area (TPSA) is 108 Å². The quantitative estimate of drug-likeness (QED) is 0.529. The third kappa shape index (κ3) is 3.08. The second kappa shape index (κ2) is 7.12. The van der Waals surface area contributed by atoms with Crippen LogP contribution in [0.2, 0.25) is 0 Å². The number of carbonyl (C=O) groups excluding carboxylic acids is 1. The van der Waals surface area contributed by atoms with Gasteiger partial charge >= 0.3 is 5.97 Å². The molecule has 0 atom stereocenters. The summed E-state index contributed by atoms with van der Waals surface area (Å²) in [4.78, 5) is 40.1. The highest BCUT2D eigenvalue weighted by atomic mass is 16.5. The van der Waals surface area contributed by atoms with Crippen LogP contribution in [-0.2, 0) is 4.74 Å². The molecule has 2 aliphatic rings. The van der Waals surface area contributed by atoms with E-state index in [0.717, 1.165) is 0 Å². The fourth-order valence-corrected chi connectivity index (χ4v) is 3.02. The minimum absolute atomic E-state index is 0.0672. The summed E-state index contributed by atoms with van der Waals surface area (Å²) >= 11 is 0. The van der Waals surface area contributed by atoms with Crippen LogP contribution in [0.25, 0.3) is 22.6 Å². The number of pyridine rings is 2. The molecule has 4 rings (SSSR count). The Kier molecular flexibility index (Phi) is 4.47. The summed E-state index contributed by atoms with van der Waals surface area (Å²) in [6, 6.07) is 9.98. The molecule has 0 spiro atoms. The summed E-state index contributed by atoms with van der Waals surface area (Å²) in [5.41, 5.74) is 0.369. The number of hydrogen-bond acceptors (Lipinski definition) is 6. The number of nitrogens with one attached hydrogen (secondary N) is 1. The molecule has 1 N–H and O–H groups in total. The van der Waals surface area contributed by atoms with Crippen LogP contribution < -0.4 is 15.9 Å². The van der Waals surface area contributed by atoms with Gasteiger partial charge in [-0.2, -0.15) is 9.78 Å². The fraction of sp³-hybridized carbons (Fsp3) is 0.100. The number of carbonyl (C=O) groups is 1. The maximum absolute atomic E-state index is 13.0. The van der Waals surface area contributed by atoms with Gasteiger partial charge in [0.2, 0.25) is 0 Å². The van der Waals surface area contributed by atoms with Gasteiger partial charge in [0.05, 0.1) is 25.5 Å². The van der Waals surface area contributed by atoms with Crippen LogP contribution in [0.5, 0.6) is 5.75 Å². The lowest BCUT2D eigenvalue weighted by Crippen LogP contribution is -2.18. The maximum atomic E-state index is 13.0. The smallest absolute Gasteiger partial charge is 0.341 e. The predicted octanol–water partition coefficient (Wildman–Crippen LogP) is 1.61.